The van der Waals surface area contributed by atoms with Crippen molar-refractivity contribution in [2.24, 2.45) is 5.92 Å². The first-order valence-corrected chi connectivity index (χ1v) is 7.77. The highest BCUT2D eigenvalue weighted by atomic mass is 35.5. The van der Waals surface area contributed by atoms with Crippen LogP contribution in [-0.2, 0) is 4.79 Å². The van der Waals surface area contributed by atoms with Crippen molar-refractivity contribution in [1.82, 2.24) is 10.6 Å². The Balaban J connectivity index is 1.91. The third kappa shape index (κ3) is 3.87. The molecule has 0 spiro atoms. The second-order valence-electron chi connectivity index (χ2n) is 5.31. The van der Waals surface area contributed by atoms with Gasteiger partial charge in [0.05, 0.1) is 0 Å². The molecule has 2 N–H and O–H groups in total. The van der Waals surface area contributed by atoms with E-state index in [1.165, 1.54) is 0 Å². The lowest BCUT2D eigenvalue weighted by atomic mass is 9.96. The van der Waals surface area contributed by atoms with Crippen LogP contribution in [0, 0.1) is 5.92 Å². The highest BCUT2D eigenvalue weighted by molar-refractivity contribution is 6.36. The third-order valence-corrected chi connectivity index (χ3v) is 4.44. The van der Waals surface area contributed by atoms with E-state index in [2.05, 4.69) is 10.6 Å². The first kappa shape index (κ1) is 15.6. The number of nitrogens with one attached hydrogen (secondary N) is 2. The van der Waals surface area contributed by atoms with Gasteiger partial charge in [-0.2, -0.15) is 0 Å². The largest absolute Gasteiger partial charge is 0.355 e. The van der Waals surface area contributed by atoms with Crippen molar-refractivity contribution in [3.05, 3.63) is 33.8 Å². The molecule has 0 saturated carbocycles. The number of halogens is 2. The number of carbonyl (C=O) groups is 1. The monoisotopic (exact) mass is 314 g/mol. The number of rotatable bonds is 4. The molecule has 0 radical (unpaired) electrons. The maximum absolute atomic E-state index is 12.1. The number of piperidine rings is 1. The zero-order valence-corrected chi connectivity index (χ0v) is 13.1. The van der Waals surface area contributed by atoms with E-state index in [0.29, 0.717) is 16.6 Å². The smallest absolute Gasteiger partial charge is 0.223 e. The van der Waals surface area contributed by atoms with Gasteiger partial charge in [0.15, 0.2) is 0 Å². The summed E-state index contributed by atoms with van der Waals surface area (Å²) in [5.74, 6) is 0.369. The highest BCUT2D eigenvalue weighted by Crippen LogP contribution is 2.31. The van der Waals surface area contributed by atoms with E-state index in [1.807, 2.05) is 25.1 Å². The fourth-order valence-corrected chi connectivity index (χ4v) is 3.34. The van der Waals surface area contributed by atoms with E-state index < -0.39 is 0 Å². The van der Waals surface area contributed by atoms with Crippen LogP contribution in [0.1, 0.15) is 31.2 Å². The van der Waals surface area contributed by atoms with Crippen LogP contribution in [0.5, 0.6) is 0 Å². The molecule has 2 rings (SSSR count). The van der Waals surface area contributed by atoms with Crippen LogP contribution >= 0.6 is 23.2 Å². The minimum absolute atomic E-state index is 0.0989. The van der Waals surface area contributed by atoms with Gasteiger partial charge in [0.2, 0.25) is 5.91 Å². The summed E-state index contributed by atoms with van der Waals surface area (Å²) in [6.07, 6.45) is 1.82. The molecule has 3 nitrogen and oxygen atoms in total. The first-order chi connectivity index (χ1) is 9.59. The van der Waals surface area contributed by atoms with E-state index >= 15 is 0 Å². The van der Waals surface area contributed by atoms with Crippen LogP contribution in [0.2, 0.25) is 10.0 Å². The van der Waals surface area contributed by atoms with Crippen LogP contribution in [0.25, 0.3) is 0 Å². The van der Waals surface area contributed by atoms with E-state index in [1.54, 1.807) is 0 Å². The second kappa shape index (κ2) is 7.30. The molecular formula is C15H20Cl2N2O. The Labute approximate surface area is 130 Å². The van der Waals surface area contributed by atoms with Gasteiger partial charge < -0.3 is 10.6 Å². The van der Waals surface area contributed by atoms with Crippen LogP contribution in [0.15, 0.2) is 18.2 Å². The van der Waals surface area contributed by atoms with Crippen molar-refractivity contribution >= 4 is 29.1 Å². The molecule has 1 unspecified atom stereocenters. The van der Waals surface area contributed by atoms with E-state index in [4.69, 9.17) is 23.2 Å². The Hall–Kier alpha value is -0.770. The molecular weight excluding hydrogens is 295 g/mol. The van der Waals surface area contributed by atoms with Gasteiger partial charge in [-0.25, -0.2) is 0 Å². The van der Waals surface area contributed by atoms with Crippen LogP contribution in [0.3, 0.4) is 0 Å². The van der Waals surface area contributed by atoms with E-state index in [0.717, 1.165) is 31.5 Å². The maximum atomic E-state index is 12.1. The molecule has 1 aromatic rings. The van der Waals surface area contributed by atoms with Crippen molar-refractivity contribution < 1.29 is 4.79 Å². The molecule has 20 heavy (non-hydrogen) atoms. The molecule has 1 aliphatic heterocycles. The summed E-state index contributed by atoms with van der Waals surface area (Å²) in [5.41, 5.74) is 0.904. The van der Waals surface area contributed by atoms with Crippen molar-refractivity contribution in [1.29, 1.82) is 0 Å². The summed E-state index contributed by atoms with van der Waals surface area (Å²) in [7, 11) is 0. The van der Waals surface area contributed by atoms with E-state index in [9.17, 15) is 4.79 Å². The summed E-state index contributed by atoms with van der Waals surface area (Å²) >= 11 is 12.4. The van der Waals surface area contributed by atoms with Gasteiger partial charge in [0.1, 0.15) is 0 Å². The fraction of sp³-hybridized carbons (Fsp3) is 0.533. The number of benzene rings is 1. The number of hydrogen-bond acceptors (Lipinski definition) is 2. The maximum Gasteiger partial charge on any atom is 0.223 e. The SMILES string of the molecule is CC(CNC(=O)C1CCNCC1)c1c(Cl)cccc1Cl. The quantitative estimate of drug-likeness (QED) is 0.896. The van der Waals surface area contributed by atoms with Crippen molar-refractivity contribution in [3.8, 4) is 0 Å². The van der Waals surface area contributed by atoms with Crippen LogP contribution in [0.4, 0.5) is 0 Å². The van der Waals surface area contributed by atoms with Gasteiger partial charge in [-0.05, 0) is 43.6 Å². The number of amides is 1. The molecule has 1 heterocycles. The summed E-state index contributed by atoms with van der Waals surface area (Å²) in [5, 5.41) is 7.59. The Morgan fingerprint density at radius 2 is 1.95 bits per heavy atom. The van der Waals surface area contributed by atoms with Gasteiger partial charge in [-0.3, -0.25) is 4.79 Å². The average Bonchev–Trinajstić information content (AvgIpc) is 2.45. The fourth-order valence-electron chi connectivity index (χ4n) is 2.57. The predicted octanol–water partition coefficient (Wildman–Crippen LogP) is 3.21. The molecule has 1 saturated heterocycles. The minimum atomic E-state index is 0.0989. The van der Waals surface area contributed by atoms with Gasteiger partial charge >= 0.3 is 0 Å². The Bertz CT molecular complexity index is 453. The minimum Gasteiger partial charge on any atom is -0.355 e. The molecule has 1 atom stereocenters. The Morgan fingerprint density at radius 3 is 2.55 bits per heavy atom. The topological polar surface area (TPSA) is 41.1 Å². The first-order valence-electron chi connectivity index (χ1n) is 7.02. The van der Waals surface area contributed by atoms with Crippen molar-refractivity contribution in [3.63, 3.8) is 0 Å². The lowest BCUT2D eigenvalue weighted by Gasteiger charge is -2.23. The van der Waals surface area contributed by atoms with Crippen molar-refractivity contribution in [2.45, 2.75) is 25.7 Å². The number of carbonyl (C=O) groups excluding carboxylic acids is 1. The summed E-state index contributed by atoms with van der Waals surface area (Å²) in [6, 6.07) is 5.48. The second-order valence-corrected chi connectivity index (χ2v) is 6.12. The lowest BCUT2D eigenvalue weighted by molar-refractivity contribution is -0.125. The van der Waals surface area contributed by atoms with Gasteiger partial charge in [-0.15, -0.1) is 0 Å². The summed E-state index contributed by atoms with van der Waals surface area (Å²) in [6.45, 7) is 4.43. The molecule has 0 bridgehead atoms. The van der Waals surface area contributed by atoms with Gasteiger partial charge in [0, 0.05) is 28.4 Å². The summed E-state index contributed by atoms with van der Waals surface area (Å²) < 4.78 is 0. The molecule has 110 valence electrons. The Morgan fingerprint density at radius 1 is 1.35 bits per heavy atom. The normalized spacial score (nSPS) is 17.8. The zero-order valence-electron chi connectivity index (χ0n) is 11.6. The van der Waals surface area contributed by atoms with Gasteiger partial charge in [-0.1, -0.05) is 36.2 Å². The van der Waals surface area contributed by atoms with E-state index in [-0.39, 0.29) is 17.7 Å². The van der Waals surface area contributed by atoms with Crippen LogP contribution < -0.4 is 10.6 Å². The molecule has 0 aliphatic carbocycles. The lowest BCUT2D eigenvalue weighted by Crippen LogP contribution is -2.39. The predicted molar refractivity (Wildman–Crippen MR) is 83.5 cm³/mol. The zero-order chi connectivity index (χ0) is 14.5. The van der Waals surface area contributed by atoms with Gasteiger partial charge in [0.25, 0.3) is 0 Å². The third-order valence-electron chi connectivity index (χ3n) is 3.78. The van der Waals surface area contributed by atoms with Crippen LogP contribution in [-0.4, -0.2) is 25.5 Å². The summed E-state index contributed by atoms with van der Waals surface area (Å²) in [4.78, 5) is 12.1. The molecule has 1 amide bonds. The number of hydrogen-bond donors (Lipinski definition) is 2. The average molecular weight is 315 g/mol. The standard InChI is InChI=1S/C15H20Cl2N2O/c1-10(14-12(16)3-2-4-13(14)17)9-19-15(20)11-5-7-18-8-6-11/h2-4,10-11,18H,5-9H2,1H3,(H,19,20). The molecule has 1 aliphatic rings. The molecule has 0 aromatic heterocycles. The molecule has 5 heteroatoms. The Kier molecular flexibility index (Phi) is 5.70. The highest BCUT2D eigenvalue weighted by Gasteiger charge is 2.22. The van der Waals surface area contributed by atoms with Crippen molar-refractivity contribution in [2.75, 3.05) is 19.6 Å². The molecule has 1 fully saturated rings. The molecule has 1 aromatic carbocycles.